The van der Waals surface area contributed by atoms with Crippen LogP contribution in [-0.4, -0.2) is 15.0 Å². The van der Waals surface area contributed by atoms with Gasteiger partial charge in [0, 0.05) is 43.1 Å². The summed E-state index contributed by atoms with van der Waals surface area (Å²) in [5.74, 6) is 0.711. The minimum atomic E-state index is 0.711. The van der Waals surface area contributed by atoms with Crippen LogP contribution >= 0.6 is 11.3 Å². The van der Waals surface area contributed by atoms with Crippen LogP contribution in [0.4, 0.5) is 0 Å². The van der Waals surface area contributed by atoms with E-state index in [1.165, 1.54) is 57.9 Å². The summed E-state index contributed by atoms with van der Waals surface area (Å²) >= 11 is 1.84. The highest BCUT2D eigenvalue weighted by molar-refractivity contribution is 7.26. The molecular weight excluding hydrogens is 735 g/mol. The van der Waals surface area contributed by atoms with E-state index in [1.807, 2.05) is 47.7 Å². The molecule has 0 bridgehead atoms. The summed E-state index contributed by atoms with van der Waals surface area (Å²) in [4.78, 5) is 15.6. The van der Waals surface area contributed by atoms with Gasteiger partial charge in [0.1, 0.15) is 0 Å². The van der Waals surface area contributed by atoms with Crippen LogP contribution in [0.3, 0.4) is 0 Å². The van der Waals surface area contributed by atoms with Gasteiger partial charge in [0.05, 0.1) is 27.3 Å². The molecule has 0 amide bonds. The van der Waals surface area contributed by atoms with Crippen LogP contribution in [0.5, 0.6) is 0 Å². The van der Waals surface area contributed by atoms with Crippen LogP contribution in [0.1, 0.15) is 0 Å². The van der Waals surface area contributed by atoms with Crippen molar-refractivity contribution in [2.24, 2.45) is 0 Å². The lowest BCUT2D eigenvalue weighted by molar-refractivity contribution is 1.18. The summed E-state index contributed by atoms with van der Waals surface area (Å²) in [5.41, 5.74) is 10.2. The van der Waals surface area contributed by atoms with Crippen molar-refractivity contribution in [3.63, 3.8) is 0 Å². The molecule has 3 heterocycles. The number of benzene rings is 9. The van der Waals surface area contributed by atoms with Crippen LogP contribution in [0.25, 0.3) is 120 Å². The van der Waals surface area contributed by atoms with Crippen molar-refractivity contribution < 1.29 is 0 Å². The maximum Gasteiger partial charge on any atom is 0.160 e. The van der Waals surface area contributed by atoms with E-state index in [2.05, 4.69) is 164 Å². The molecule has 12 rings (SSSR count). The van der Waals surface area contributed by atoms with Gasteiger partial charge >= 0.3 is 0 Å². The average Bonchev–Trinajstić information content (AvgIpc) is 3.72. The van der Waals surface area contributed by atoms with Crippen molar-refractivity contribution in [2.75, 3.05) is 0 Å². The molecule has 0 spiro atoms. The Hall–Kier alpha value is -7.53. The largest absolute Gasteiger partial charge is 0.246 e. The zero-order valence-electron chi connectivity index (χ0n) is 31.8. The molecule has 0 saturated heterocycles. The number of rotatable bonds is 5. The van der Waals surface area contributed by atoms with Gasteiger partial charge in [-0.15, -0.1) is 11.3 Å². The lowest BCUT2D eigenvalue weighted by Crippen LogP contribution is -1.95. The van der Waals surface area contributed by atoms with Crippen molar-refractivity contribution in [1.29, 1.82) is 0 Å². The molecule has 0 unspecified atom stereocenters. The molecule has 0 aliphatic carbocycles. The summed E-state index contributed by atoms with van der Waals surface area (Å²) in [7, 11) is 0. The summed E-state index contributed by atoms with van der Waals surface area (Å²) in [5, 5.41) is 11.3. The number of fused-ring (bicyclic) bond motifs is 11. The molecule has 0 fully saturated rings. The SMILES string of the molecule is c1ccc(-c2cc(-c3ccc(-c4ccc5c(c4)nc(-c4ccc6c7ccccc7c7ccccc7c6c4)c4sc6ccccc6c45)cc3)nc(-c3ccccc3)n2)cc1. The second-order valence-electron chi connectivity index (χ2n) is 15.1. The maximum absolute atomic E-state index is 5.54. The molecule has 0 aliphatic heterocycles. The molecule has 12 aromatic rings. The van der Waals surface area contributed by atoms with Gasteiger partial charge in [0.25, 0.3) is 0 Å². The molecule has 59 heavy (non-hydrogen) atoms. The Balaban J connectivity index is 1.00. The highest BCUT2D eigenvalue weighted by Gasteiger charge is 2.18. The van der Waals surface area contributed by atoms with Gasteiger partial charge in [0.2, 0.25) is 0 Å². The number of hydrogen-bond donors (Lipinski definition) is 0. The topological polar surface area (TPSA) is 38.7 Å². The van der Waals surface area contributed by atoms with Gasteiger partial charge in [-0.05, 0) is 67.7 Å². The Kier molecular flexibility index (Phi) is 7.72. The van der Waals surface area contributed by atoms with E-state index >= 15 is 0 Å². The summed E-state index contributed by atoms with van der Waals surface area (Å²) in [6.07, 6.45) is 0. The van der Waals surface area contributed by atoms with Gasteiger partial charge < -0.3 is 0 Å². The Bertz CT molecular complexity index is 3500. The number of thiophene rings is 1. The molecular formula is C55H33N3S. The zero-order chi connectivity index (χ0) is 38.9. The third kappa shape index (κ3) is 5.60. The first kappa shape index (κ1) is 33.6. The van der Waals surface area contributed by atoms with E-state index in [0.717, 1.165) is 56.0 Å². The van der Waals surface area contributed by atoms with Gasteiger partial charge in [-0.3, -0.25) is 0 Å². The van der Waals surface area contributed by atoms with E-state index in [1.54, 1.807) is 0 Å². The second-order valence-corrected chi connectivity index (χ2v) is 16.2. The molecule has 3 nitrogen and oxygen atoms in total. The van der Waals surface area contributed by atoms with Crippen LogP contribution in [0.15, 0.2) is 200 Å². The van der Waals surface area contributed by atoms with Crippen LogP contribution in [-0.2, 0) is 0 Å². The monoisotopic (exact) mass is 767 g/mol. The predicted molar refractivity (Wildman–Crippen MR) is 250 cm³/mol. The first-order valence-corrected chi connectivity index (χ1v) is 20.7. The molecule has 0 aliphatic rings. The standard InChI is InChI=1S/C55H33N3S/c1-3-13-35(14-4-1)48-33-49(58-55(57-48)37-15-5-2-6-16-37)36-25-23-34(24-26-36)38-27-30-45-50(32-38)56-53(54-52(45)46-21-11-12-22-51(46)59-54)39-28-29-44-42-19-8-7-17-40(42)41-18-9-10-20-43(41)47(44)31-39/h1-33H. The fourth-order valence-electron chi connectivity index (χ4n) is 8.82. The van der Waals surface area contributed by atoms with Crippen LogP contribution < -0.4 is 0 Å². The highest BCUT2D eigenvalue weighted by Crippen LogP contribution is 2.45. The number of nitrogens with zero attached hydrogens (tertiary/aromatic N) is 3. The Morgan fingerprint density at radius 1 is 0.305 bits per heavy atom. The lowest BCUT2D eigenvalue weighted by Gasteiger charge is -2.13. The van der Waals surface area contributed by atoms with Crippen molar-refractivity contribution in [1.82, 2.24) is 15.0 Å². The molecule has 274 valence electrons. The van der Waals surface area contributed by atoms with Gasteiger partial charge in [0.15, 0.2) is 5.82 Å². The third-order valence-electron chi connectivity index (χ3n) is 11.7. The Morgan fingerprint density at radius 2 is 0.797 bits per heavy atom. The van der Waals surface area contributed by atoms with E-state index in [4.69, 9.17) is 15.0 Å². The van der Waals surface area contributed by atoms with Gasteiger partial charge in [-0.2, -0.15) is 0 Å². The Morgan fingerprint density at radius 3 is 1.47 bits per heavy atom. The Labute approximate surface area is 344 Å². The number of aromatic nitrogens is 3. The van der Waals surface area contributed by atoms with Gasteiger partial charge in [-0.25, -0.2) is 15.0 Å². The highest BCUT2D eigenvalue weighted by atomic mass is 32.1. The normalized spacial score (nSPS) is 11.7. The van der Waals surface area contributed by atoms with E-state index < -0.39 is 0 Å². The minimum Gasteiger partial charge on any atom is -0.246 e. The number of hydrogen-bond acceptors (Lipinski definition) is 4. The molecule has 9 aromatic carbocycles. The van der Waals surface area contributed by atoms with Crippen molar-refractivity contribution >= 4 is 74.7 Å². The zero-order valence-corrected chi connectivity index (χ0v) is 32.6. The van der Waals surface area contributed by atoms with E-state index in [-0.39, 0.29) is 0 Å². The first-order valence-electron chi connectivity index (χ1n) is 19.9. The van der Waals surface area contributed by atoms with Crippen molar-refractivity contribution in [3.8, 4) is 56.3 Å². The molecule has 0 radical (unpaired) electrons. The third-order valence-corrected chi connectivity index (χ3v) is 12.8. The van der Waals surface area contributed by atoms with E-state index in [9.17, 15) is 0 Å². The molecule has 4 heteroatoms. The average molecular weight is 768 g/mol. The van der Waals surface area contributed by atoms with Crippen LogP contribution in [0, 0.1) is 0 Å². The second kappa shape index (κ2) is 13.6. The maximum atomic E-state index is 5.54. The summed E-state index contributed by atoms with van der Waals surface area (Å²) in [6.45, 7) is 0. The fourth-order valence-corrected chi connectivity index (χ4v) is 10.0. The minimum absolute atomic E-state index is 0.711. The fraction of sp³-hybridized carbons (Fsp3) is 0. The van der Waals surface area contributed by atoms with Crippen molar-refractivity contribution in [2.45, 2.75) is 0 Å². The van der Waals surface area contributed by atoms with Gasteiger partial charge in [-0.1, -0.05) is 176 Å². The molecule has 0 saturated carbocycles. The molecule has 3 aromatic heterocycles. The molecule has 0 N–H and O–H groups in total. The lowest BCUT2D eigenvalue weighted by atomic mass is 9.92. The summed E-state index contributed by atoms with van der Waals surface area (Å²) in [6, 6.07) is 71.3. The smallest absolute Gasteiger partial charge is 0.160 e. The number of pyridine rings is 1. The molecule has 0 atom stereocenters. The predicted octanol–water partition coefficient (Wildman–Crippen LogP) is 15.2. The summed E-state index contributed by atoms with van der Waals surface area (Å²) < 4.78 is 2.49. The van der Waals surface area contributed by atoms with Crippen LogP contribution in [0.2, 0.25) is 0 Å². The van der Waals surface area contributed by atoms with Crippen molar-refractivity contribution in [3.05, 3.63) is 200 Å². The van der Waals surface area contributed by atoms with E-state index in [0.29, 0.717) is 5.82 Å². The quantitative estimate of drug-likeness (QED) is 0.164. The first-order chi connectivity index (χ1) is 29.2.